The fourth-order valence-electron chi connectivity index (χ4n) is 2.84. The maximum absolute atomic E-state index is 3.64. The molecule has 2 atom stereocenters. The summed E-state index contributed by atoms with van der Waals surface area (Å²) < 4.78 is 1.15. The van der Waals surface area contributed by atoms with Crippen LogP contribution in [0.4, 0.5) is 0 Å². The molecule has 1 aliphatic heterocycles. The summed E-state index contributed by atoms with van der Waals surface area (Å²) in [5.74, 6) is 0. The summed E-state index contributed by atoms with van der Waals surface area (Å²) in [7, 11) is 2.27. The standard InChI is InChI=1S/C16H25BrN2/c1-13(14-6-8-15(17)9-7-14)18-11-10-16-5-3-4-12-19(16)2/h6-9,13,16,18H,3-5,10-12H2,1-2H3. The van der Waals surface area contributed by atoms with Crippen molar-refractivity contribution in [2.75, 3.05) is 20.1 Å². The van der Waals surface area contributed by atoms with Crippen LogP contribution in [-0.2, 0) is 0 Å². The van der Waals surface area contributed by atoms with Gasteiger partial charge in [-0.15, -0.1) is 0 Å². The molecule has 0 spiro atoms. The average Bonchev–Trinajstić information content (AvgIpc) is 2.41. The van der Waals surface area contributed by atoms with Crippen LogP contribution in [0.1, 0.15) is 44.2 Å². The Morgan fingerprint density at radius 2 is 2.05 bits per heavy atom. The average molecular weight is 325 g/mol. The van der Waals surface area contributed by atoms with E-state index in [4.69, 9.17) is 0 Å². The lowest BCUT2D eigenvalue weighted by Gasteiger charge is -2.32. The fraction of sp³-hybridized carbons (Fsp3) is 0.625. The van der Waals surface area contributed by atoms with E-state index >= 15 is 0 Å². The van der Waals surface area contributed by atoms with Crippen molar-refractivity contribution in [3.8, 4) is 0 Å². The van der Waals surface area contributed by atoms with Gasteiger partial charge in [-0.25, -0.2) is 0 Å². The summed E-state index contributed by atoms with van der Waals surface area (Å²) in [6.45, 7) is 4.62. The Bertz CT molecular complexity index is 377. The molecule has 0 saturated carbocycles. The quantitative estimate of drug-likeness (QED) is 0.881. The molecule has 0 amide bonds. The lowest BCUT2D eigenvalue weighted by Crippen LogP contribution is -2.38. The third-order valence-corrected chi connectivity index (χ3v) is 4.75. The molecule has 1 N–H and O–H groups in total. The Balaban J connectivity index is 1.74. The van der Waals surface area contributed by atoms with Crippen molar-refractivity contribution in [1.82, 2.24) is 10.2 Å². The lowest BCUT2D eigenvalue weighted by atomic mass is 10.00. The third kappa shape index (κ3) is 4.59. The van der Waals surface area contributed by atoms with Crippen LogP contribution in [0.25, 0.3) is 0 Å². The third-order valence-electron chi connectivity index (χ3n) is 4.22. The van der Waals surface area contributed by atoms with Gasteiger partial charge < -0.3 is 10.2 Å². The van der Waals surface area contributed by atoms with Crippen molar-refractivity contribution in [3.63, 3.8) is 0 Å². The van der Waals surface area contributed by atoms with Crippen LogP contribution in [0.3, 0.4) is 0 Å². The van der Waals surface area contributed by atoms with Crippen molar-refractivity contribution < 1.29 is 0 Å². The number of nitrogens with zero attached hydrogens (tertiary/aromatic N) is 1. The van der Waals surface area contributed by atoms with E-state index in [2.05, 4.69) is 64.4 Å². The molecular weight excluding hydrogens is 300 g/mol. The predicted molar refractivity (Wildman–Crippen MR) is 85.4 cm³/mol. The van der Waals surface area contributed by atoms with Gasteiger partial charge in [-0.3, -0.25) is 0 Å². The molecule has 0 aromatic heterocycles. The number of rotatable bonds is 5. The molecule has 19 heavy (non-hydrogen) atoms. The molecule has 1 saturated heterocycles. The van der Waals surface area contributed by atoms with Crippen LogP contribution >= 0.6 is 15.9 Å². The van der Waals surface area contributed by atoms with E-state index in [9.17, 15) is 0 Å². The summed E-state index contributed by atoms with van der Waals surface area (Å²) in [6, 6.07) is 9.81. The second kappa shape index (κ2) is 7.41. The van der Waals surface area contributed by atoms with Crippen molar-refractivity contribution in [2.45, 2.75) is 44.7 Å². The van der Waals surface area contributed by atoms with E-state index in [1.54, 1.807) is 0 Å². The maximum atomic E-state index is 3.64. The molecule has 2 unspecified atom stereocenters. The molecule has 1 aromatic carbocycles. The van der Waals surface area contributed by atoms with Gasteiger partial charge in [0.1, 0.15) is 0 Å². The van der Waals surface area contributed by atoms with Crippen molar-refractivity contribution in [3.05, 3.63) is 34.3 Å². The Hall–Kier alpha value is -0.380. The summed E-state index contributed by atoms with van der Waals surface area (Å²) in [5, 5.41) is 3.64. The SMILES string of the molecule is CC(NCCC1CCCCN1C)c1ccc(Br)cc1. The van der Waals surface area contributed by atoms with Crippen LogP contribution in [-0.4, -0.2) is 31.1 Å². The molecule has 3 heteroatoms. The fourth-order valence-corrected chi connectivity index (χ4v) is 3.11. The predicted octanol–water partition coefficient (Wildman–Crippen LogP) is 3.97. The molecule has 2 nitrogen and oxygen atoms in total. The highest BCUT2D eigenvalue weighted by atomic mass is 79.9. The van der Waals surface area contributed by atoms with Gasteiger partial charge in [0.2, 0.25) is 0 Å². The number of likely N-dealkylation sites (tertiary alicyclic amines) is 1. The number of nitrogens with one attached hydrogen (secondary N) is 1. The topological polar surface area (TPSA) is 15.3 Å². The molecule has 1 aliphatic rings. The molecule has 106 valence electrons. The van der Waals surface area contributed by atoms with E-state index in [0.717, 1.165) is 17.1 Å². The zero-order valence-corrected chi connectivity index (χ0v) is 13.6. The van der Waals surface area contributed by atoms with Crippen molar-refractivity contribution in [1.29, 1.82) is 0 Å². The van der Waals surface area contributed by atoms with E-state index in [-0.39, 0.29) is 0 Å². The largest absolute Gasteiger partial charge is 0.310 e. The van der Waals surface area contributed by atoms with Gasteiger partial charge in [0.25, 0.3) is 0 Å². The molecule has 1 fully saturated rings. The number of halogens is 1. The number of benzene rings is 1. The van der Waals surface area contributed by atoms with Gasteiger partial charge in [-0.2, -0.15) is 0 Å². The van der Waals surface area contributed by atoms with Crippen LogP contribution in [0.2, 0.25) is 0 Å². The van der Waals surface area contributed by atoms with Crippen LogP contribution in [0.15, 0.2) is 28.7 Å². The molecule has 0 aliphatic carbocycles. The van der Waals surface area contributed by atoms with E-state index < -0.39 is 0 Å². The monoisotopic (exact) mass is 324 g/mol. The molecule has 0 radical (unpaired) electrons. The van der Waals surface area contributed by atoms with Crippen LogP contribution in [0, 0.1) is 0 Å². The smallest absolute Gasteiger partial charge is 0.0291 e. The second-order valence-corrected chi connectivity index (χ2v) is 6.56. The normalized spacial score (nSPS) is 22.4. The van der Waals surface area contributed by atoms with Crippen LogP contribution < -0.4 is 5.32 Å². The van der Waals surface area contributed by atoms with Gasteiger partial charge >= 0.3 is 0 Å². The zero-order valence-electron chi connectivity index (χ0n) is 12.0. The lowest BCUT2D eigenvalue weighted by molar-refractivity contribution is 0.174. The first-order valence-electron chi connectivity index (χ1n) is 7.36. The molecular formula is C16H25BrN2. The first kappa shape index (κ1) is 15.0. The molecule has 2 rings (SSSR count). The number of piperidine rings is 1. The van der Waals surface area contributed by atoms with E-state index in [1.807, 2.05) is 0 Å². The van der Waals surface area contributed by atoms with Gasteiger partial charge in [0, 0.05) is 16.6 Å². The Kier molecular flexibility index (Phi) is 5.86. The minimum Gasteiger partial charge on any atom is -0.310 e. The summed E-state index contributed by atoms with van der Waals surface area (Å²) >= 11 is 3.48. The second-order valence-electron chi connectivity index (χ2n) is 5.65. The molecule has 0 bridgehead atoms. The molecule has 1 heterocycles. The highest BCUT2D eigenvalue weighted by Crippen LogP contribution is 2.19. The van der Waals surface area contributed by atoms with Gasteiger partial charge in [-0.1, -0.05) is 34.5 Å². The Labute approximate surface area is 125 Å². The van der Waals surface area contributed by atoms with Gasteiger partial charge in [-0.05, 0) is 64.0 Å². The first-order valence-corrected chi connectivity index (χ1v) is 8.15. The summed E-state index contributed by atoms with van der Waals surface area (Å²) in [5.41, 5.74) is 1.36. The summed E-state index contributed by atoms with van der Waals surface area (Å²) in [6.07, 6.45) is 5.40. The van der Waals surface area contributed by atoms with E-state index in [1.165, 1.54) is 37.8 Å². The minimum atomic E-state index is 0.432. The van der Waals surface area contributed by atoms with Crippen molar-refractivity contribution >= 4 is 15.9 Å². The van der Waals surface area contributed by atoms with Gasteiger partial charge in [0.05, 0.1) is 0 Å². The highest BCUT2D eigenvalue weighted by Gasteiger charge is 2.18. The molecule has 1 aromatic rings. The zero-order chi connectivity index (χ0) is 13.7. The highest BCUT2D eigenvalue weighted by molar-refractivity contribution is 9.10. The number of hydrogen-bond donors (Lipinski definition) is 1. The van der Waals surface area contributed by atoms with Gasteiger partial charge in [0.15, 0.2) is 0 Å². The Morgan fingerprint density at radius 3 is 2.74 bits per heavy atom. The van der Waals surface area contributed by atoms with Crippen molar-refractivity contribution in [2.24, 2.45) is 0 Å². The first-order chi connectivity index (χ1) is 9.16. The summed E-state index contributed by atoms with van der Waals surface area (Å²) in [4.78, 5) is 2.52. The van der Waals surface area contributed by atoms with E-state index in [0.29, 0.717) is 6.04 Å². The number of hydrogen-bond acceptors (Lipinski definition) is 2. The van der Waals surface area contributed by atoms with Crippen LogP contribution in [0.5, 0.6) is 0 Å². The maximum Gasteiger partial charge on any atom is 0.0291 e. The Morgan fingerprint density at radius 1 is 1.32 bits per heavy atom. The minimum absolute atomic E-state index is 0.432.